The number of unbranched alkanes of at least 4 members (excludes halogenated alkanes) is 1. The lowest BCUT2D eigenvalue weighted by Crippen LogP contribution is -2.40. The van der Waals surface area contributed by atoms with Gasteiger partial charge in [0.25, 0.3) is 0 Å². The van der Waals surface area contributed by atoms with Crippen LogP contribution in [0.2, 0.25) is 0 Å². The zero-order valence-electron chi connectivity index (χ0n) is 18.9. The Kier molecular flexibility index (Phi) is 9.94. The second kappa shape index (κ2) is 12.6. The molecule has 1 amide bonds. The molecular weight excluding hydrogens is 433 g/mol. The summed E-state index contributed by atoms with van der Waals surface area (Å²) >= 11 is 0. The Labute approximate surface area is 192 Å². The number of alkyl halides is 3. The van der Waals surface area contributed by atoms with Crippen LogP contribution in [0.4, 0.5) is 30.6 Å². The maximum absolute atomic E-state index is 12.9. The molecule has 0 unspecified atom stereocenters. The van der Waals surface area contributed by atoms with Crippen LogP contribution in [-0.4, -0.2) is 42.1 Å². The second-order valence-electron chi connectivity index (χ2n) is 7.29. The van der Waals surface area contributed by atoms with Crippen LogP contribution < -0.4 is 21.3 Å². The molecule has 33 heavy (non-hydrogen) atoms. The summed E-state index contributed by atoms with van der Waals surface area (Å²) in [6.45, 7) is 4.97. The van der Waals surface area contributed by atoms with Gasteiger partial charge in [-0.3, -0.25) is 4.79 Å². The topological polar surface area (TPSA) is 91.0 Å². The summed E-state index contributed by atoms with van der Waals surface area (Å²) in [6, 6.07) is 4.60. The summed E-state index contributed by atoms with van der Waals surface area (Å²) in [4.78, 5) is 20.3. The zero-order valence-corrected chi connectivity index (χ0v) is 18.9. The number of likely N-dealkylation sites (N-methyl/N-ethyl adjacent to an activating group) is 1. The molecule has 1 aromatic heterocycles. The van der Waals surface area contributed by atoms with E-state index in [2.05, 4.69) is 43.1 Å². The molecule has 0 aliphatic rings. The lowest BCUT2D eigenvalue weighted by Gasteiger charge is -2.12. The molecule has 0 aliphatic carbocycles. The third kappa shape index (κ3) is 8.61. The molecule has 0 fully saturated rings. The predicted molar refractivity (Wildman–Crippen MR) is 123 cm³/mol. The van der Waals surface area contributed by atoms with Gasteiger partial charge in [0.05, 0.1) is 23.4 Å². The molecule has 10 heteroatoms. The number of nitrogens with one attached hydrogen (secondary N) is 4. The van der Waals surface area contributed by atoms with Crippen LogP contribution in [0, 0.1) is 11.8 Å². The van der Waals surface area contributed by atoms with E-state index in [1.54, 1.807) is 14.0 Å². The molecule has 0 spiro atoms. The number of aromatic nitrogens is 2. The molecule has 2 rings (SSSR count). The number of benzene rings is 1. The SMILES string of the molecule is CCCNc1nc(Nc2cccc(C(F)(F)F)c2)ncc1C#CCCCNC(=O)[C@H](C)NC. The number of carbonyl (C=O) groups excluding carboxylic acids is 1. The fourth-order valence-electron chi connectivity index (χ4n) is 2.64. The molecule has 0 radical (unpaired) electrons. The van der Waals surface area contributed by atoms with Crippen molar-refractivity contribution < 1.29 is 18.0 Å². The number of anilines is 3. The van der Waals surface area contributed by atoms with Gasteiger partial charge in [0.15, 0.2) is 0 Å². The highest BCUT2D eigenvalue weighted by Crippen LogP contribution is 2.31. The molecule has 7 nitrogen and oxygen atoms in total. The van der Waals surface area contributed by atoms with Gasteiger partial charge >= 0.3 is 6.18 Å². The Morgan fingerprint density at radius 1 is 1.24 bits per heavy atom. The molecular formula is C23H29F3N6O. The van der Waals surface area contributed by atoms with Gasteiger partial charge in [-0.1, -0.05) is 24.8 Å². The molecule has 2 aromatic rings. The van der Waals surface area contributed by atoms with Crippen molar-refractivity contribution in [2.45, 2.75) is 45.3 Å². The van der Waals surface area contributed by atoms with E-state index in [1.165, 1.54) is 18.3 Å². The van der Waals surface area contributed by atoms with Crippen LogP contribution >= 0.6 is 0 Å². The molecule has 1 aromatic carbocycles. The molecule has 0 bridgehead atoms. The average Bonchev–Trinajstić information content (AvgIpc) is 2.79. The van der Waals surface area contributed by atoms with E-state index in [4.69, 9.17) is 0 Å². The van der Waals surface area contributed by atoms with Crippen molar-refractivity contribution in [2.75, 3.05) is 30.8 Å². The van der Waals surface area contributed by atoms with Crippen LogP contribution in [-0.2, 0) is 11.0 Å². The minimum Gasteiger partial charge on any atom is -0.369 e. The first kappa shape index (κ1) is 25.9. The standard InChI is InChI=1S/C23H29F3N6O/c1-4-12-28-20-17(9-6-5-7-13-29-21(33)16(2)27-3)15-30-22(32-20)31-19-11-8-10-18(14-19)23(24,25)26/h8,10-11,14-16,27H,4-5,7,12-13H2,1-3H3,(H,29,33)(H2,28,30,31,32)/t16-/m0/s1. The quantitative estimate of drug-likeness (QED) is 0.316. The Balaban J connectivity index is 2.04. The lowest BCUT2D eigenvalue weighted by atomic mass is 10.2. The first-order valence-electron chi connectivity index (χ1n) is 10.7. The summed E-state index contributed by atoms with van der Waals surface area (Å²) in [5.74, 6) is 6.68. The van der Waals surface area contributed by atoms with E-state index < -0.39 is 11.7 Å². The molecule has 0 saturated carbocycles. The Bertz CT molecular complexity index is 984. The van der Waals surface area contributed by atoms with E-state index >= 15 is 0 Å². The number of amides is 1. The average molecular weight is 463 g/mol. The monoisotopic (exact) mass is 462 g/mol. The molecule has 1 atom stereocenters. The van der Waals surface area contributed by atoms with Crippen molar-refractivity contribution in [3.8, 4) is 11.8 Å². The van der Waals surface area contributed by atoms with Crippen LogP contribution in [0.25, 0.3) is 0 Å². The minimum absolute atomic E-state index is 0.0613. The van der Waals surface area contributed by atoms with Crippen molar-refractivity contribution in [2.24, 2.45) is 0 Å². The smallest absolute Gasteiger partial charge is 0.369 e. The van der Waals surface area contributed by atoms with E-state index in [0.717, 1.165) is 18.6 Å². The van der Waals surface area contributed by atoms with Gasteiger partial charge in [-0.05, 0) is 45.0 Å². The molecule has 4 N–H and O–H groups in total. The van der Waals surface area contributed by atoms with Crippen molar-refractivity contribution >= 4 is 23.4 Å². The largest absolute Gasteiger partial charge is 0.416 e. The first-order chi connectivity index (χ1) is 15.7. The Hall–Kier alpha value is -3.32. The summed E-state index contributed by atoms with van der Waals surface area (Å²) < 4.78 is 38.8. The normalized spacial score (nSPS) is 11.8. The molecule has 178 valence electrons. The molecule has 0 aliphatic heterocycles. The summed E-state index contributed by atoms with van der Waals surface area (Å²) in [7, 11) is 1.72. The molecule has 0 saturated heterocycles. The first-order valence-corrected chi connectivity index (χ1v) is 10.7. The van der Waals surface area contributed by atoms with Crippen LogP contribution in [0.1, 0.15) is 44.2 Å². The maximum Gasteiger partial charge on any atom is 0.416 e. The number of rotatable bonds is 10. The fraction of sp³-hybridized carbons (Fsp3) is 0.435. The number of hydrogen-bond acceptors (Lipinski definition) is 6. The summed E-state index contributed by atoms with van der Waals surface area (Å²) in [6.07, 6.45) is -0.767. The third-order valence-electron chi connectivity index (χ3n) is 4.60. The minimum atomic E-state index is -4.43. The van der Waals surface area contributed by atoms with Crippen molar-refractivity contribution in [1.82, 2.24) is 20.6 Å². The number of nitrogens with zero attached hydrogens (tertiary/aromatic N) is 2. The van der Waals surface area contributed by atoms with E-state index in [9.17, 15) is 18.0 Å². The highest BCUT2D eigenvalue weighted by molar-refractivity contribution is 5.81. The third-order valence-corrected chi connectivity index (χ3v) is 4.60. The van der Waals surface area contributed by atoms with Gasteiger partial charge in [-0.25, -0.2) is 4.98 Å². The highest BCUT2D eigenvalue weighted by Gasteiger charge is 2.30. The molecule has 1 heterocycles. The van der Waals surface area contributed by atoms with E-state index in [1.807, 2.05) is 6.92 Å². The Morgan fingerprint density at radius 2 is 2.03 bits per heavy atom. The van der Waals surface area contributed by atoms with Gasteiger partial charge in [0.1, 0.15) is 5.82 Å². The highest BCUT2D eigenvalue weighted by atomic mass is 19.4. The van der Waals surface area contributed by atoms with E-state index in [-0.39, 0.29) is 23.6 Å². The predicted octanol–water partition coefficient (Wildman–Crippen LogP) is 3.92. The van der Waals surface area contributed by atoms with Crippen LogP contribution in [0.15, 0.2) is 30.5 Å². The fourth-order valence-corrected chi connectivity index (χ4v) is 2.64. The van der Waals surface area contributed by atoms with Gasteiger partial charge < -0.3 is 21.3 Å². The number of hydrogen-bond donors (Lipinski definition) is 4. The van der Waals surface area contributed by atoms with Gasteiger partial charge in [0.2, 0.25) is 11.9 Å². The van der Waals surface area contributed by atoms with Crippen LogP contribution in [0.5, 0.6) is 0 Å². The summed E-state index contributed by atoms with van der Waals surface area (Å²) in [5.41, 5.74) is 0.0709. The van der Waals surface area contributed by atoms with Gasteiger partial charge in [-0.2, -0.15) is 18.2 Å². The Morgan fingerprint density at radius 3 is 2.73 bits per heavy atom. The van der Waals surface area contributed by atoms with Crippen LogP contribution in [0.3, 0.4) is 0 Å². The van der Waals surface area contributed by atoms with Crippen molar-refractivity contribution in [1.29, 1.82) is 0 Å². The second-order valence-corrected chi connectivity index (χ2v) is 7.29. The zero-order chi connectivity index (χ0) is 24.3. The van der Waals surface area contributed by atoms with E-state index in [0.29, 0.717) is 37.3 Å². The van der Waals surface area contributed by atoms with Crippen molar-refractivity contribution in [3.05, 3.63) is 41.6 Å². The maximum atomic E-state index is 12.9. The number of carbonyl (C=O) groups is 1. The summed E-state index contributed by atoms with van der Waals surface area (Å²) in [5, 5.41) is 11.7. The van der Waals surface area contributed by atoms with Crippen molar-refractivity contribution in [3.63, 3.8) is 0 Å². The number of halogens is 3. The van der Waals surface area contributed by atoms with Gasteiger partial charge in [-0.15, -0.1) is 0 Å². The lowest BCUT2D eigenvalue weighted by molar-refractivity contribution is -0.137. The van der Waals surface area contributed by atoms with Gasteiger partial charge in [0, 0.05) is 25.2 Å².